The van der Waals surface area contributed by atoms with Gasteiger partial charge in [-0.15, -0.1) is 0 Å². The van der Waals surface area contributed by atoms with Crippen molar-refractivity contribution in [1.29, 1.82) is 5.26 Å². The van der Waals surface area contributed by atoms with Crippen molar-refractivity contribution in [1.82, 2.24) is 0 Å². The van der Waals surface area contributed by atoms with Gasteiger partial charge in [-0.05, 0) is 80.9 Å². The molecule has 3 fully saturated rings. The highest BCUT2D eigenvalue weighted by atomic mass is 16.5. The van der Waals surface area contributed by atoms with E-state index in [1.165, 1.54) is 12.8 Å². The van der Waals surface area contributed by atoms with Crippen molar-refractivity contribution in [3.05, 3.63) is 23.8 Å². The average Bonchev–Trinajstić information content (AvgIpc) is 3.36. The maximum atomic E-state index is 11.5. The van der Waals surface area contributed by atoms with Crippen LogP contribution in [0, 0.1) is 29.1 Å². The molecule has 144 valence electrons. The Kier molecular flexibility index (Phi) is 4.75. The highest BCUT2D eigenvalue weighted by molar-refractivity contribution is 5.77. The highest BCUT2D eigenvalue weighted by Crippen LogP contribution is 2.56. The first kappa shape index (κ1) is 18.2. The second-order valence-corrected chi connectivity index (χ2v) is 8.58. The lowest BCUT2D eigenvalue weighted by molar-refractivity contribution is -0.121. The zero-order chi connectivity index (χ0) is 19.0. The fraction of sp³-hybridized carbons (Fsp3) is 0.636. The van der Waals surface area contributed by atoms with Gasteiger partial charge in [0.25, 0.3) is 0 Å². The number of hydrogen-bond acceptors (Lipinski definition) is 4. The van der Waals surface area contributed by atoms with Crippen LogP contribution in [0.4, 0.5) is 0 Å². The van der Waals surface area contributed by atoms with E-state index in [2.05, 4.69) is 6.07 Å². The van der Waals surface area contributed by atoms with Gasteiger partial charge in [0, 0.05) is 5.92 Å². The van der Waals surface area contributed by atoms with Gasteiger partial charge in [0.1, 0.15) is 0 Å². The van der Waals surface area contributed by atoms with Crippen LogP contribution in [0.1, 0.15) is 56.9 Å². The van der Waals surface area contributed by atoms with Crippen LogP contribution in [0.15, 0.2) is 18.2 Å². The largest absolute Gasteiger partial charge is 0.493 e. The fourth-order valence-electron chi connectivity index (χ4n) is 5.57. The van der Waals surface area contributed by atoms with Crippen LogP contribution in [0.5, 0.6) is 11.5 Å². The van der Waals surface area contributed by atoms with Crippen LogP contribution in [-0.2, 0) is 10.2 Å². The summed E-state index contributed by atoms with van der Waals surface area (Å²) in [6, 6.07) is 8.57. The van der Waals surface area contributed by atoms with Crippen molar-refractivity contribution in [2.75, 3.05) is 7.11 Å². The number of nitrogens with two attached hydrogens (primary N) is 1. The first-order chi connectivity index (χ1) is 13.0. The van der Waals surface area contributed by atoms with E-state index in [1.54, 1.807) is 7.11 Å². The Balaban J connectivity index is 1.58. The van der Waals surface area contributed by atoms with Crippen molar-refractivity contribution >= 4 is 5.91 Å². The van der Waals surface area contributed by atoms with E-state index in [0.717, 1.165) is 55.6 Å². The van der Waals surface area contributed by atoms with E-state index in [0.29, 0.717) is 11.8 Å². The van der Waals surface area contributed by atoms with E-state index in [4.69, 9.17) is 15.2 Å². The van der Waals surface area contributed by atoms with Crippen LogP contribution in [0.2, 0.25) is 0 Å². The molecule has 1 amide bonds. The summed E-state index contributed by atoms with van der Waals surface area (Å²) in [5.41, 5.74) is 6.02. The molecule has 1 aromatic carbocycles. The van der Waals surface area contributed by atoms with Gasteiger partial charge in [0.15, 0.2) is 11.5 Å². The highest BCUT2D eigenvalue weighted by Gasteiger charge is 2.51. The Morgan fingerprint density at radius 2 is 1.85 bits per heavy atom. The topological polar surface area (TPSA) is 85.3 Å². The molecule has 0 aromatic heterocycles. The minimum Gasteiger partial charge on any atom is -0.493 e. The van der Waals surface area contributed by atoms with Crippen molar-refractivity contribution in [2.45, 2.75) is 62.9 Å². The van der Waals surface area contributed by atoms with Crippen molar-refractivity contribution < 1.29 is 14.3 Å². The van der Waals surface area contributed by atoms with Gasteiger partial charge in [-0.2, -0.15) is 5.26 Å². The maximum absolute atomic E-state index is 11.5. The Morgan fingerprint density at radius 3 is 2.41 bits per heavy atom. The van der Waals surface area contributed by atoms with E-state index in [9.17, 15) is 10.1 Å². The number of benzene rings is 1. The van der Waals surface area contributed by atoms with Crippen LogP contribution in [-0.4, -0.2) is 19.1 Å². The van der Waals surface area contributed by atoms with Crippen LogP contribution in [0.25, 0.3) is 0 Å². The zero-order valence-electron chi connectivity index (χ0n) is 15.9. The molecule has 0 radical (unpaired) electrons. The van der Waals surface area contributed by atoms with Crippen molar-refractivity contribution in [2.24, 2.45) is 23.5 Å². The maximum Gasteiger partial charge on any atom is 0.220 e. The van der Waals surface area contributed by atoms with Gasteiger partial charge >= 0.3 is 0 Å². The van der Waals surface area contributed by atoms with Crippen molar-refractivity contribution in [3.63, 3.8) is 0 Å². The van der Waals surface area contributed by atoms with Gasteiger partial charge in [-0.3, -0.25) is 4.79 Å². The Hall–Kier alpha value is -2.22. The van der Waals surface area contributed by atoms with Crippen LogP contribution >= 0.6 is 0 Å². The molecule has 0 heterocycles. The summed E-state index contributed by atoms with van der Waals surface area (Å²) in [5, 5.41) is 10.1. The molecule has 3 aliphatic rings. The Labute approximate surface area is 160 Å². The van der Waals surface area contributed by atoms with Gasteiger partial charge in [0.05, 0.1) is 24.7 Å². The number of primary amides is 1. The monoisotopic (exact) mass is 368 g/mol. The average molecular weight is 368 g/mol. The van der Waals surface area contributed by atoms with E-state index >= 15 is 0 Å². The van der Waals surface area contributed by atoms with Crippen molar-refractivity contribution in [3.8, 4) is 17.6 Å². The summed E-state index contributed by atoms with van der Waals surface area (Å²) in [4.78, 5) is 11.5. The molecular formula is C22H28N2O3. The number of hydrogen-bond donors (Lipinski definition) is 1. The zero-order valence-corrected chi connectivity index (χ0v) is 15.9. The van der Waals surface area contributed by atoms with Gasteiger partial charge in [-0.1, -0.05) is 6.07 Å². The standard InChI is InChI=1S/C22H28N2O3/c1-26-19-7-6-17(10-20(19)27-18-4-2-3-5-18)22(13-23)11-15-8-14(21(24)25)9-16(15)12-22/h6-7,10,14-16,18H,2-5,8-9,11-12H2,1H3,(H2,24,25)/t14?,15-,16+,22?. The third kappa shape index (κ3) is 3.26. The lowest BCUT2D eigenvalue weighted by atomic mass is 9.77. The smallest absolute Gasteiger partial charge is 0.220 e. The van der Waals surface area contributed by atoms with E-state index in [-0.39, 0.29) is 17.9 Å². The molecule has 3 saturated carbocycles. The molecule has 4 atom stereocenters. The van der Waals surface area contributed by atoms with E-state index in [1.807, 2.05) is 18.2 Å². The number of nitrogens with zero attached hydrogens (tertiary/aromatic N) is 1. The molecule has 4 rings (SSSR count). The predicted octanol–water partition coefficient (Wildman–Crippen LogP) is 3.70. The van der Waals surface area contributed by atoms with Gasteiger partial charge in [0.2, 0.25) is 5.91 Å². The summed E-state index contributed by atoms with van der Waals surface area (Å²) in [6.45, 7) is 0. The van der Waals surface area contributed by atoms with E-state index < -0.39 is 5.41 Å². The minimum atomic E-state index is -0.502. The Morgan fingerprint density at radius 1 is 1.19 bits per heavy atom. The number of methoxy groups -OCH3 is 1. The number of ether oxygens (including phenoxy) is 2. The lowest BCUT2D eigenvalue weighted by Gasteiger charge is -2.25. The van der Waals surface area contributed by atoms with Crippen LogP contribution < -0.4 is 15.2 Å². The molecule has 5 heteroatoms. The number of nitriles is 1. The summed E-state index contributed by atoms with van der Waals surface area (Å²) in [6.07, 6.45) is 8.06. The summed E-state index contributed by atoms with van der Waals surface area (Å²) in [7, 11) is 1.65. The second kappa shape index (κ2) is 7.07. The molecule has 0 saturated heterocycles. The normalized spacial score (nSPS) is 32.8. The molecule has 2 unspecified atom stereocenters. The first-order valence-electron chi connectivity index (χ1n) is 10.1. The molecule has 0 bridgehead atoms. The summed E-state index contributed by atoms with van der Waals surface area (Å²) < 4.78 is 11.7. The van der Waals surface area contributed by atoms with Gasteiger partial charge in [-0.25, -0.2) is 0 Å². The molecule has 3 aliphatic carbocycles. The van der Waals surface area contributed by atoms with Gasteiger partial charge < -0.3 is 15.2 Å². The SMILES string of the molecule is COc1ccc(C2(C#N)C[C@H]3CC(C(N)=O)C[C@H]3C2)cc1OC1CCCC1. The minimum absolute atomic E-state index is 0.0196. The predicted molar refractivity (Wildman–Crippen MR) is 101 cm³/mol. The molecule has 0 aliphatic heterocycles. The number of rotatable bonds is 5. The third-order valence-electron chi connectivity index (χ3n) is 6.99. The molecule has 0 spiro atoms. The molecule has 2 N–H and O–H groups in total. The number of amides is 1. The molecule has 1 aromatic rings. The Bertz CT molecular complexity index is 749. The molecule has 5 nitrogen and oxygen atoms in total. The first-order valence-corrected chi connectivity index (χ1v) is 10.1. The number of carbonyl (C=O) groups excluding carboxylic acids is 1. The third-order valence-corrected chi connectivity index (χ3v) is 6.99. The quantitative estimate of drug-likeness (QED) is 0.859. The fourth-order valence-corrected chi connectivity index (χ4v) is 5.57. The summed E-state index contributed by atoms with van der Waals surface area (Å²) in [5.74, 6) is 2.08. The number of carbonyl (C=O) groups is 1. The summed E-state index contributed by atoms with van der Waals surface area (Å²) >= 11 is 0. The molecular weight excluding hydrogens is 340 g/mol. The second-order valence-electron chi connectivity index (χ2n) is 8.58. The lowest BCUT2D eigenvalue weighted by Crippen LogP contribution is -2.25. The molecule has 27 heavy (non-hydrogen) atoms. The number of fused-ring (bicyclic) bond motifs is 1. The van der Waals surface area contributed by atoms with Crippen LogP contribution in [0.3, 0.4) is 0 Å².